The number of ether oxygens (including phenoxy) is 1. The number of imide groups is 1. The molecule has 5 rings (SSSR count). The molecule has 4 atom stereocenters. The zero-order valence-electron chi connectivity index (χ0n) is 15.2. The summed E-state index contributed by atoms with van der Waals surface area (Å²) >= 11 is 0. The number of benzene rings is 1. The van der Waals surface area contributed by atoms with Crippen LogP contribution in [-0.4, -0.2) is 28.0 Å². The summed E-state index contributed by atoms with van der Waals surface area (Å²) in [6.07, 6.45) is -2.04. The van der Waals surface area contributed by atoms with Crippen LogP contribution in [0.2, 0.25) is 0 Å². The van der Waals surface area contributed by atoms with Crippen molar-refractivity contribution >= 4 is 28.4 Å². The number of rotatable bonds is 1. The predicted octanol–water partition coefficient (Wildman–Crippen LogP) is 3.70. The van der Waals surface area contributed by atoms with Gasteiger partial charge in [0.25, 0.3) is 0 Å². The lowest BCUT2D eigenvalue weighted by Gasteiger charge is -2.27. The standard InChI is InChI=1S/C20H17F3N2O3/c1-18-7-8-19(2,28-18)14-13(18)16(26)25(17(14)27)12-6-9-24-15-10(12)4-3-5-11(15)20(21,22)23/h3-6,9,13-14H,7-8H2,1-2H3/t13-,14+,18-,19?/m1/s1. The molecule has 2 bridgehead atoms. The van der Waals surface area contributed by atoms with E-state index in [1.165, 1.54) is 24.4 Å². The molecule has 3 fully saturated rings. The van der Waals surface area contributed by atoms with E-state index in [-0.39, 0.29) is 16.6 Å². The van der Waals surface area contributed by atoms with Crippen molar-refractivity contribution in [2.45, 2.75) is 44.1 Å². The Morgan fingerprint density at radius 3 is 2.25 bits per heavy atom. The van der Waals surface area contributed by atoms with Gasteiger partial charge < -0.3 is 4.74 Å². The van der Waals surface area contributed by atoms with Crippen molar-refractivity contribution in [3.05, 3.63) is 36.0 Å². The van der Waals surface area contributed by atoms with E-state index in [0.717, 1.165) is 11.0 Å². The second-order valence-corrected chi connectivity index (χ2v) is 8.22. The van der Waals surface area contributed by atoms with E-state index < -0.39 is 46.6 Å². The highest BCUT2D eigenvalue weighted by molar-refractivity contribution is 6.25. The first kappa shape index (κ1) is 17.6. The molecule has 3 aliphatic heterocycles. The third-order valence-corrected chi connectivity index (χ3v) is 6.50. The molecule has 8 heteroatoms. The number of hydrogen-bond acceptors (Lipinski definition) is 4. The van der Waals surface area contributed by atoms with Crippen LogP contribution in [0.25, 0.3) is 10.9 Å². The third kappa shape index (κ3) is 2.04. The molecule has 0 N–H and O–H groups in total. The van der Waals surface area contributed by atoms with E-state index in [2.05, 4.69) is 4.98 Å². The van der Waals surface area contributed by atoms with Crippen LogP contribution in [0.1, 0.15) is 32.3 Å². The number of alkyl halides is 3. The number of para-hydroxylation sites is 1. The van der Waals surface area contributed by atoms with Gasteiger partial charge >= 0.3 is 6.18 Å². The minimum atomic E-state index is -4.59. The fourth-order valence-electron chi connectivity index (χ4n) is 5.29. The number of halogens is 3. The molecule has 0 spiro atoms. The largest absolute Gasteiger partial charge is 0.418 e. The average Bonchev–Trinajstić information content (AvgIpc) is 3.17. The lowest BCUT2D eigenvalue weighted by molar-refractivity contribution is -0.136. The van der Waals surface area contributed by atoms with Crippen LogP contribution in [0.4, 0.5) is 18.9 Å². The number of nitrogens with zero attached hydrogens (tertiary/aromatic N) is 2. The summed E-state index contributed by atoms with van der Waals surface area (Å²) in [6.45, 7) is 3.67. The van der Waals surface area contributed by atoms with Gasteiger partial charge in [0.2, 0.25) is 11.8 Å². The third-order valence-electron chi connectivity index (χ3n) is 6.50. The molecular formula is C20H17F3N2O3. The molecule has 1 aromatic carbocycles. The summed E-state index contributed by atoms with van der Waals surface area (Å²) in [5.74, 6) is -2.06. The van der Waals surface area contributed by atoms with Gasteiger partial charge in [-0.15, -0.1) is 0 Å². The van der Waals surface area contributed by atoms with E-state index in [1.807, 2.05) is 13.8 Å². The van der Waals surface area contributed by atoms with Gasteiger partial charge in [-0.1, -0.05) is 12.1 Å². The van der Waals surface area contributed by atoms with Crippen molar-refractivity contribution in [3.63, 3.8) is 0 Å². The average molecular weight is 390 g/mol. The zero-order chi connectivity index (χ0) is 20.1. The molecule has 5 nitrogen and oxygen atoms in total. The second-order valence-electron chi connectivity index (χ2n) is 8.22. The monoisotopic (exact) mass is 390 g/mol. The Morgan fingerprint density at radius 1 is 1.07 bits per heavy atom. The van der Waals surface area contributed by atoms with Crippen molar-refractivity contribution < 1.29 is 27.5 Å². The van der Waals surface area contributed by atoms with E-state index >= 15 is 0 Å². The molecule has 0 saturated carbocycles. The van der Waals surface area contributed by atoms with Crippen molar-refractivity contribution in [1.29, 1.82) is 0 Å². The fourth-order valence-corrected chi connectivity index (χ4v) is 5.29. The zero-order valence-corrected chi connectivity index (χ0v) is 15.2. The van der Waals surface area contributed by atoms with Crippen molar-refractivity contribution in [1.82, 2.24) is 4.98 Å². The van der Waals surface area contributed by atoms with Crippen LogP contribution in [0.3, 0.4) is 0 Å². The lowest BCUT2D eigenvalue weighted by Crippen LogP contribution is -2.40. The number of carbonyl (C=O) groups excluding carboxylic acids is 2. The molecule has 2 aromatic rings. The molecule has 2 amide bonds. The van der Waals surface area contributed by atoms with Gasteiger partial charge in [-0.05, 0) is 38.8 Å². The number of anilines is 1. The highest BCUT2D eigenvalue weighted by Gasteiger charge is 2.72. The van der Waals surface area contributed by atoms with Gasteiger partial charge in [0, 0.05) is 11.6 Å². The number of amides is 2. The van der Waals surface area contributed by atoms with Crippen LogP contribution >= 0.6 is 0 Å². The minimum Gasteiger partial charge on any atom is -0.367 e. The normalized spacial score (nSPS) is 34.5. The highest BCUT2D eigenvalue weighted by Crippen LogP contribution is 2.61. The Balaban J connectivity index is 1.68. The van der Waals surface area contributed by atoms with E-state index in [0.29, 0.717) is 12.8 Å². The van der Waals surface area contributed by atoms with Gasteiger partial charge in [0.15, 0.2) is 0 Å². The van der Waals surface area contributed by atoms with Crippen molar-refractivity contribution in [2.24, 2.45) is 11.8 Å². The summed E-state index contributed by atoms with van der Waals surface area (Å²) in [7, 11) is 0. The highest BCUT2D eigenvalue weighted by atomic mass is 19.4. The first-order valence-corrected chi connectivity index (χ1v) is 9.10. The number of hydrogen-bond donors (Lipinski definition) is 0. The number of carbonyl (C=O) groups is 2. The molecular weight excluding hydrogens is 373 g/mol. The van der Waals surface area contributed by atoms with Crippen LogP contribution in [0, 0.1) is 11.8 Å². The van der Waals surface area contributed by atoms with Crippen molar-refractivity contribution in [2.75, 3.05) is 4.90 Å². The first-order valence-electron chi connectivity index (χ1n) is 9.10. The molecule has 3 saturated heterocycles. The SMILES string of the molecule is CC12CC[C@@](C)(O1)[C@H]1C(=O)N(c3ccnc4c(C(F)(F)F)cccc34)C(=O)[C@H]12. The molecule has 28 heavy (non-hydrogen) atoms. The number of aromatic nitrogens is 1. The van der Waals surface area contributed by atoms with E-state index in [9.17, 15) is 22.8 Å². The Kier molecular flexibility index (Phi) is 3.21. The quantitative estimate of drug-likeness (QED) is 0.697. The summed E-state index contributed by atoms with van der Waals surface area (Å²) in [5.41, 5.74) is -2.47. The van der Waals surface area contributed by atoms with Crippen LogP contribution in [0.15, 0.2) is 30.5 Å². The first-order chi connectivity index (χ1) is 13.1. The van der Waals surface area contributed by atoms with Gasteiger partial charge in [-0.2, -0.15) is 13.2 Å². The Bertz CT molecular complexity index is 1020. The predicted molar refractivity (Wildman–Crippen MR) is 93.3 cm³/mol. The van der Waals surface area contributed by atoms with Crippen molar-refractivity contribution in [3.8, 4) is 0 Å². The molecule has 0 aliphatic carbocycles. The second kappa shape index (κ2) is 5.11. The number of fused-ring (bicyclic) bond motifs is 6. The van der Waals surface area contributed by atoms with Crippen LogP contribution in [0.5, 0.6) is 0 Å². The molecule has 1 aromatic heterocycles. The summed E-state index contributed by atoms with van der Waals surface area (Å²) in [5, 5.41) is 0.127. The van der Waals surface area contributed by atoms with Gasteiger partial charge in [0.05, 0.1) is 39.8 Å². The maximum Gasteiger partial charge on any atom is 0.418 e. The lowest BCUT2D eigenvalue weighted by atomic mass is 9.69. The Hall–Kier alpha value is -2.48. The van der Waals surface area contributed by atoms with E-state index in [1.54, 1.807) is 0 Å². The molecule has 146 valence electrons. The van der Waals surface area contributed by atoms with Crippen LogP contribution in [-0.2, 0) is 20.5 Å². The van der Waals surface area contributed by atoms with E-state index in [4.69, 9.17) is 4.74 Å². The van der Waals surface area contributed by atoms with Gasteiger partial charge in [0.1, 0.15) is 0 Å². The topological polar surface area (TPSA) is 59.5 Å². The summed E-state index contributed by atoms with van der Waals surface area (Å²) in [4.78, 5) is 31.4. The van der Waals surface area contributed by atoms with Crippen LogP contribution < -0.4 is 4.90 Å². The van der Waals surface area contributed by atoms with Gasteiger partial charge in [-0.3, -0.25) is 14.6 Å². The molecule has 1 unspecified atom stereocenters. The smallest absolute Gasteiger partial charge is 0.367 e. The molecule has 4 heterocycles. The summed E-state index contributed by atoms with van der Waals surface area (Å²) < 4.78 is 46.2. The molecule has 0 radical (unpaired) electrons. The molecule has 3 aliphatic rings. The maximum absolute atomic E-state index is 13.4. The minimum absolute atomic E-state index is 0.127. The van der Waals surface area contributed by atoms with Gasteiger partial charge in [-0.25, -0.2) is 4.90 Å². The summed E-state index contributed by atoms with van der Waals surface area (Å²) in [6, 6.07) is 5.08. The Morgan fingerprint density at radius 2 is 1.68 bits per heavy atom. The Labute approximate surface area is 158 Å². The number of pyridine rings is 1. The fraction of sp³-hybridized carbons (Fsp3) is 0.450. The maximum atomic E-state index is 13.4.